The molecule has 1 amide bonds. The van der Waals surface area contributed by atoms with E-state index in [2.05, 4.69) is 10.0 Å². The number of hydrogen-bond donors (Lipinski definition) is 2. The Morgan fingerprint density at radius 2 is 1.47 bits per heavy atom. The molecule has 9 heteroatoms. The summed E-state index contributed by atoms with van der Waals surface area (Å²) < 4.78 is 39.0. The lowest BCUT2D eigenvalue weighted by atomic mass is 10.2. The zero-order valence-electron chi connectivity index (χ0n) is 19.1. The molecule has 4 rings (SSSR count). The van der Waals surface area contributed by atoms with Crippen LogP contribution >= 0.6 is 11.6 Å². The number of rotatable bonds is 10. The van der Waals surface area contributed by atoms with Crippen molar-refractivity contribution >= 4 is 33.2 Å². The van der Waals surface area contributed by atoms with E-state index in [4.69, 9.17) is 21.1 Å². The molecule has 0 fully saturated rings. The van der Waals surface area contributed by atoms with Crippen molar-refractivity contribution in [1.82, 2.24) is 4.72 Å². The lowest BCUT2D eigenvalue weighted by Crippen LogP contribution is -2.23. The average molecular weight is 523 g/mol. The monoisotopic (exact) mass is 522 g/mol. The fraction of sp³-hybridized carbons (Fsp3) is 0.0741. The van der Waals surface area contributed by atoms with Gasteiger partial charge in [0.2, 0.25) is 10.0 Å². The molecule has 4 aromatic rings. The van der Waals surface area contributed by atoms with Crippen LogP contribution < -0.4 is 19.5 Å². The van der Waals surface area contributed by atoms with Gasteiger partial charge in [0.05, 0.1) is 10.6 Å². The highest BCUT2D eigenvalue weighted by atomic mass is 35.5. The molecule has 0 aliphatic heterocycles. The van der Waals surface area contributed by atoms with Crippen molar-refractivity contribution in [1.29, 1.82) is 0 Å². The molecule has 184 valence electrons. The first-order valence-corrected chi connectivity index (χ1v) is 12.8. The van der Waals surface area contributed by atoms with Crippen molar-refractivity contribution < 1.29 is 22.7 Å². The smallest absolute Gasteiger partial charge is 0.262 e. The minimum atomic E-state index is -3.69. The van der Waals surface area contributed by atoms with Crippen LogP contribution in [0.4, 0.5) is 5.69 Å². The number of hydrogen-bond acceptors (Lipinski definition) is 5. The molecule has 7 nitrogen and oxygen atoms in total. The third-order valence-corrected chi connectivity index (χ3v) is 6.65. The van der Waals surface area contributed by atoms with Gasteiger partial charge in [0.15, 0.2) is 12.4 Å². The maximum Gasteiger partial charge on any atom is 0.262 e. The number of amides is 1. The zero-order valence-corrected chi connectivity index (χ0v) is 20.6. The van der Waals surface area contributed by atoms with Crippen molar-refractivity contribution in [3.63, 3.8) is 0 Å². The minimum Gasteiger partial charge on any atom is -0.484 e. The van der Waals surface area contributed by atoms with Gasteiger partial charge < -0.3 is 14.8 Å². The lowest BCUT2D eigenvalue weighted by molar-refractivity contribution is -0.118. The first-order chi connectivity index (χ1) is 17.4. The van der Waals surface area contributed by atoms with Crippen molar-refractivity contribution in [3.05, 3.63) is 114 Å². The van der Waals surface area contributed by atoms with Crippen LogP contribution in [0.2, 0.25) is 5.02 Å². The third kappa shape index (κ3) is 7.08. The second kappa shape index (κ2) is 11.7. The Labute approximate surface area is 214 Å². The molecule has 0 unspecified atom stereocenters. The molecule has 0 heterocycles. The van der Waals surface area contributed by atoms with E-state index >= 15 is 0 Å². The van der Waals surface area contributed by atoms with E-state index in [9.17, 15) is 13.2 Å². The molecule has 0 atom stereocenters. The van der Waals surface area contributed by atoms with E-state index in [1.165, 1.54) is 24.3 Å². The van der Waals surface area contributed by atoms with E-state index in [1.54, 1.807) is 30.3 Å². The van der Waals surface area contributed by atoms with Crippen LogP contribution in [0.3, 0.4) is 0 Å². The Balaban J connectivity index is 1.33. The number of ether oxygens (including phenoxy) is 2. The maximum atomic E-state index is 12.5. The van der Waals surface area contributed by atoms with Crippen LogP contribution in [-0.2, 0) is 21.4 Å². The summed E-state index contributed by atoms with van der Waals surface area (Å²) in [4.78, 5) is 12.6. The Morgan fingerprint density at radius 3 is 2.17 bits per heavy atom. The van der Waals surface area contributed by atoms with Gasteiger partial charge >= 0.3 is 0 Å². The standard InChI is InChI=1S/C27H23ClN2O5S/c28-21-11-16-26(35-23-9-5-2-6-10-23)25(17-21)30-27(31)19-34-22-12-14-24(15-13-22)36(32,33)29-18-20-7-3-1-4-8-20/h1-17,29H,18-19H2,(H,30,31). The number of carbonyl (C=O) groups excluding carboxylic acids is 1. The highest BCUT2D eigenvalue weighted by molar-refractivity contribution is 7.89. The maximum absolute atomic E-state index is 12.5. The van der Waals surface area contributed by atoms with Gasteiger partial charge in [0.1, 0.15) is 11.5 Å². The second-order valence-electron chi connectivity index (χ2n) is 7.67. The summed E-state index contributed by atoms with van der Waals surface area (Å²) in [7, 11) is -3.69. The van der Waals surface area contributed by atoms with Crippen molar-refractivity contribution in [2.45, 2.75) is 11.4 Å². The minimum absolute atomic E-state index is 0.0943. The number of halogens is 1. The number of para-hydroxylation sites is 1. The number of nitrogens with one attached hydrogen (secondary N) is 2. The average Bonchev–Trinajstić information content (AvgIpc) is 2.89. The number of benzene rings is 4. The van der Waals surface area contributed by atoms with E-state index < -0.39 is 15.9 Å². The number of sulfonamides is 1. The molecule has 0 radical (unpaired) electrons. The number of anilines is 1. The van der Waals surface area contributed by atoms with E-state index in [1.807, 2.05) is 48.5 Å². The van der Waals surface area contributed by atoms with Crippen LogP contribution in [-0.4, -0.2) is 20.9 Å². The molecule has 36 heavy (non-hydrogen) atoms. The molecular formula is C27H23ClN2O5S. The van der Waals surface area contributed by atoms with Gasteiger partial charge in [0.25, 0.3) is 5.91 Å². The molecule has 0 bridgehead atoms. The van der Waals surface area contributed by atoms with Crippen LogP contribution in [0, 0.1) is 0 Å². The number of carbonyl (C=O) groups is 1. The SMILES string of the molecule is O=C(COc1ccc(S(=O)(=O)NCc2ccccc2)cc1)Nc1cc(Cl)ccc1Oc1ccccc1. The fourth-order valence-corrected chi connectivity index (χ4v) is 4.40. The summed E-state index contributed by atoms with van der Waals surface area (Å²) in [6.45, 7) is -0.114. The van der Waals surface area contributed by atoms with Gasteiger partial charge in [-0.1, -0.05) is 60.1 Å². The van der Waals surface area contributed by atoms with Crippen LogP contribution in [0.1, 0.15) is 5.56 Å². The fourth-order valence-electron chi connectivity index (χ4n) is 3.21. The molecule has 0 spiro atoms. The van der Waals surface area contributed by atoms with Crippen LogP contribution in [0.15, 0.2) is 108 Å². The van der Waals surface area contributed by atoms with Crippen LogP contribution in [0.5, 0.6) is 17.2 Å². The molecule has 0 aliphatic carbocycles. The Morgan fingerprint density at radius 1 is 0.806 bits per heavy atom. The predicted octanol–water partition coefficient (Wildman–Crippen LogP) is 5.63. The zero-order chi connectivity index (χ0) is 25.4. The van der Waals surface area contributed by atoms with Gasteiger partial charge in [-0.2, -0.15) is 0 Å². The highest BCUT2D eigenvalue weighted by Gasteiger charge is 2.15. The third-order valence-electron chi connectivity index (χ3n) is 5.00. The topological polar surface area (TPSA) is 93.7 Å². The Hall–Kier alpha value is -3.85. The largest absolute Gasteiger partial charge is 0.484 e. The quantitative estimate of drug-likeness (QED) is 0.281. The molecule has 4 aromatic carbocycles. The van der Waals surface area contributed by atoms with Gasteiger partial charge in [0, 0.05) is 11.6 Å². The summed E-state index contributed by atoms with van der Waals surface area (Å²) in [6.07, 6.45) is 0. The Bertz CT molecular complexity index is 1410. The van der Waals surface area contributed by atoms with E-state index in [0.29, 0.717) is 28.0 Å². The lowest BCUT2D eigenvalue weighted by Gasteiger charge is -2.13. The van der Waals surface area contributed by atoms with Crippen molar-refractivity contribution in [2.24, 2.45) is 0 Å². The summed E-state index contributed by atoms with van der Waals surface area (Å²) >= 11 is 6.09. The van der Waals surface area contributed by atoms with Gasteiger partial charge in [-0.3, -0.25) is 4.79 Å². The van der Waals surface area contributed by atoms with E-state index in [0.717, 1.165) is 5.56 Å². The van der Waals surface area contributed by atoms with Crippen molar-refractivity contribution in [2.75, 3.05) is 11.9 Å². The summed E-state index contributed by atoms with van der Waals surface area (Å²) in [5.74, 6) is 0.951. The van der Waals surface area contributed by atoms with Crippen molar-refractivity contribution in [3.8, 4) is 17.2 Å². The summed E-state index contributed by atoms with van der Waals surface area (Å²) in [6, 6.07) is 29.1. The molecule has 0 saturated carbocycles. The Kier molecular flexibility index (Phi) is 8.22. The van der Waals surface area contributed by atoms with E-state index in [-0.39, 0.29) is 18.0 Å². The second-order valence-corrected chi connectivity index (χ2v) is 9.88. The normalized spacial score (nSPS) is 11.0. The first kappa shape index (κ1) is 25.2. The molecule has 0 saturated heterocycles. The highest BCUT2D eigenvalue weighted by Crippen LogP contribution is 2.32. The molecule has 0 aromatic heterocycles. The predicted molar refractivity (Wildman–Crippen MR) is 139 cm³/mol. The van der Waals surface area contributed by atoms with Gasteiger partial charge in [-0.25, -0.2) is 13.1 Å². The molecule has 2 N–H and O–H groups in total. The molecular weight excluding hydrogens is 500 g/mol. The van der Waals surface area contributed by atoms with Gasteiger partial charge in [-0.05, 0) is 60.2 Å². The van der Waals surface area contributed by atoms with Gasteiger partial charge in [-0.15, -0.1) is 0 Å². The summed E-state index contributed by atoms with van der Waals surface area (Å²) in [5.41, 5.74) is 1.25. The van der Waals surface area contributed by atoms with Crippen LogP contribution in [0.25, 0.3) is 0 Å². The molecule has 0 aliphatic rings. The first-order valence-electron chi connectivity index (χ1n) is 11.0. The summed E-state index contributed by atoms with van der Waals surface area (Å²) in [5, 5.41) is 3.17.